The molecule has 0 radical (unpaired) electrons. The first-order valence-corrected chi connectivity index (χ1v) is 8.21. The van der Waals surface area contributed by atoms with Gasteiger partial charge in [0, 0.05) is 12.6 Å². The summed E-state index contributed by atoms with van der Waals surface area (Å²) in [6.45, 7) is 4.16. The first-order chi connectivity index (χ1) is 10.1. The lowest BCUT2D eigenvalue weighted by atomic mass is 10.0. The molecule has 1 fully saturated rings. The van der Waals surface area contributed by atoms with Gasteiger partial charge in [-0.05, 0) is 45.0 Å². The fourth-order valence-corrected chi connectivity index (χ4v) is 3.51. The van der Waals surface area contributed by atoms with E-state index in [-0.39, 0.29) is 5.91 Å². The molecule has 2 rings (SSSR count). The minimum atomic E-state index is 0.00266. The molecule has 114 valence electrons. The van der Waals surface area contributed by atoms with E-state index < -0.39 is 0 Å². The maximum absolute atomic E-state index is 12.2. The molecule has 1 aromatic rings. The summed E-state index contributed by atoms with van der Waals surface area (Å²) in [5.41, 5.74) is 6.43. The largest absolute Gasteiger partial charge is 0.350 e. The summed E-state index contributed by atoms with van der Waals surface area (Å²) in [5, 5.41) is 3.05. The van der Waals surface area contributed by atoms with Crippen LogP contribution in [0.4, 0.5) is 0 Å². The zero-order chi connectivity index (χ0) is 15.2. The summed E-state index contributed by atoms with van der Waals surface area (Å²) in [6.07, 6.45) is 3.67. The number of carbonyl (C=O) groups is 1. The maximum Gasteiger partial charge on any atom is 0.261 e. The molecular formula is C16H23N3OS. The highest BCUT2D eigenvalue weighted by Gasteiger charge is 2.20. The van der Waals surface area contributed by atoms with Crippen LogP contribution >= 0.6 is 11.3 Å². The number of likely N-dealkylation sites (N-methyl/N-ethyl adjacent to an activating group) is 1. The van der Waals surface area contributed by atoms with E-state index in [1.54, 1.807) is 0 Å². The lowest BCUT2D eigenvalue weighted by molar-refractivity contribution is 0.0932. The van der Waals surface area contributed by atoms with E-state index in [0.29, 0.717) is 12.6 Å². The molecular weight excluding hydrogens is 282 g/mol. The van der Waals surface area contributed by atoms with E-state index in [2.05, 4.69) is 29.1 Å². The van der Waals surface area contributed by atoms with Crippen LogP contribution in [-0.4, -0.2) is 43.5 Å². The predicted molar refractivity (Wildman–Crippen MR) is 87.6 cm³/mol. The molecule has 1 atom stereocenters. The van der Waals surface area contributed by atoms with Crippen LogP contribution < -0.4 is 11.1 Å². The number of nitrogens with two attached hydrogens (primary N) is 1. The van der Waals surface area contributed by atoms with Gasteiger partial charge in [0.15, 0.2) is 0 Å². The summed E-state index contributed by atoms with van der Waals surface area (Å²) in [5.74, 6) is 5.86. The second-order valence-corrected chi connectivity index (χ2v) is 6.52. The van der Waals surface area contributed by atoms with Gasteiger partial charge in [0.1, 0.15) is 0 Å². The summed E-state index contributed by atoms with van der Waals surface area (Å²) in [4.78, 5) is 16.2. The standard InChI is InChI=1S/C16H23N3OS/c1-12-10-15(21-14(12)7-5-8-17)16(20)18-11-13-6-3-4-9-19(13)2/h10,13H,3-4,6,8-9,11,17H2,1-2H3,(H,18,20). The Morgan fingerprint density at radius 2 is 2.38 bits per heavy atom. The van der Waals surface area contributed by atoms with E-state index in [4.69, 9.17) is 5.73 Å². The van der Waals surface area contributed by atoms with Crippen LogP contribution in [0.25, 0.3) is 0 Å². The van der Waals surface area contributed by atoms with E-state index >= 15 is 0 Å². The third kappa shape index (κ3) is 4.31. The van der Waals surface area contributed by atoms with E-state index in [1.165, 1.54) is 24.2 Å². The average Bonchev–Trinajstić information content (AvgIpc) is 2.85. The quantitative estimate of drug-likeness (QED) is 0.834. The first-order valence-electron chi connectivity index (χ1n) is 7.39. The number of nitrogens with one attached hydrogen (secondary N) is 1. The fraction of sp³-hybridized carbons (Fsp3) is 0.562. The maximum atomic E-state index is 12.2. The third-order valence-corrected chi connectivity index (χ3v) is 5.02. The van der Waals surface area contributed by atoms with Gasteiger partial charge in [0.05, 0.1) is 16.3 Å². The predicted octanol–water partition coefficient (Wildman–Crippen LogP) is 1.58. The Morgan fingerprint density at radius 1 is 1.57 bits per heavy atom. The molecule has 4 nitrogen and oxygen atoms in total. The van der Waals surface area contributed by atoms with Crippen molar-refractivity contribution in [1.82, 2.24) is 10.2 Å². The molecule has 1 unspecified atom stereocenters. The number of hydrogen-bond donors (Lipinski definition) is 2. The number of aryl methyl sites for hydroxylation is 1. The van der Waals surface area contributed by atoms with Crippen LogP contribution in [0.15, 0.2) is 6.07 Å². The smallest absolute Gasteiger partial charge is 0.261 e. The highest BCUT2D eigenvalue weighted by atomic mass is 32.1. The lowest BCUT2D eigenvalue weighted by Crippen LogP contribution is -2.44. The summed E-state index contributed by atoms with van der Waals surface area (Å²) in [6, 6.07) is 2.37. The normalized spacial score (nSPS) is 18.9. The van der Waals surface area contributed by atoms with Crippen LogP contribution in [-0.2, 0) is 0 Å². The van der Waals surface area contributed by atoms with Crippen molar-refractivity contribution in [1.29, 1.82) is 0 Å². The van der Waals surface area contributed by atoms with Crippen LogP contribution in [0.1, 0.15) is 39.4 Å². The Bertz CT molecular complexity index is 556. The number of piperidine rings is 1. The summed E-state index contributed by atoms with van der Waals surface area (Å²) >= 11 is 1.44. The van der Waals surface area contributed by atoms with Gasteiger partial charge in [0.25, 0.3) is 5.91 Å². The average molecular weight is 305 g/mol. The van der Waals surface area contributed by atoms with E-state index in [9.17, 15) is 4.79 Å². The number of hydrogen-bond acceptors (Lipinski definition) is 4. The number of nitrogens with zero attached hydrogens (tertiary/aromatic N) is 1. The zero-order valence-electron chi connectivity index (χ0n) is 12.7. The van der Waals surface area contributed by atoms with Gasteiger partial charge in [-0.2, -0.15) is 0 Å². The minimum Gasteiger partial charge on any atom is -0.350 e. The fourth-order valence-electron chi connectivity index (χ4n) is 2.55. The molecule has 5 heteroatoms. The van der Waals surface area contributed by atoms with Gasteiger partial charge in [-0.3, -0.25) is 4.79 Å². The molecule has 1 saturated heterocycles. The monoisotopic (exact) mass is 305 g/mol. The van der Waals surface area contributed by atoms with Crippen molar-refractivity contribution in [2.45, 2.75) is 32.2 Å². The molecule has 1 aromatic heterocycles. The van der Waals surface area contributed by atoms with E-state index in [0.717, 1.165) is 34.8 Å². The third-order valence-electron chi connectivity index (χ3n) is 3.87. The number of thiophene rings is 1. The molecule has 21 heavy (non-hydrogen) atoms. The van der Waals surface area contributed by atoms with Gasteiger partial charge in [-0.15, -0.1) is 11.3 Å². The summed E-state index contributed by atoms with van der Waals surface area (Å²) < 4.78 is 0. The number of rotatable bonds is 3. The first kappa shape index (κ1) is 16.0. The number of amides is 1. The molecule has 1 aliphatic heterocycles. The Hall–Kier alpha value is -1.35. The van der Waals surface area contributed by atoms with Gasteiger partial charge in [-0.1, -0.05) is 18.3 Å². The highest BCUT2D eigenvalue weighted by Crippen LogP contribution is 2.21. The summed E-state index contributed by atoms with van der Waals surface area (Å²) in [7, 11) is 2.13. The Kier molecular flexibility index (Phi) is 5.80. The van der Waals surface area contributed by atoms with Crippen molar-refractivity contribution in [3.05, 3.63) is 21.4 Å². The van der Waals surface area contributed by atoms with Crippen molar-refractivity contribution in [2.75, 3.05) is 26.7 Å². The Balaban J connectivity index is 1.94. The highest BCUT2D eigenvalue weighted by molar-refractivity contribution is 7.14. The van der Waals surface area contributed by atoms with Crippen molar-refractivity contribution < 1.29 is 4.79 Å². The molecule has 1 amide bonds. The van der Waals surface area contributed by atoms with Gasteiger partial charge >= 0.3 is 0 Å². The van der Waals surface area contributed by atoms with Gasteiger partial charge < -0.3 is 16.0 Å². The molecule has 3 N–H and O–H groups in total. The lowest BCUT2D eigenvalue weighted by Gasteiger charge is -2.32. The second-order valence-electron chi connectivity index (χ2n) is 5.47. The molecule has 0 aliphatic carbocycles. The van der Waals surface area contributed by atoms with E-state index in [1.807, 2.05) is 13.0 Å². The second kappa shape index (κ2) is 7.60. The van der Waals surface area contributed by atoms with Crippen molar-refractivity contribution >= 4 is 17.2 Å². The van der Waals surface area contributed by atoms with Crippen LogP contribution in [0.2, 0.25) is 0 Å². The molecule has 0 bridgehead atoms. The van der Waals surface area contributed by atoms with Crippen molar-refractivity contribution in [3.63, 3.8) is 0 Å². The molecule has 0 spiro atoms. The number of carbonyl (C=O) groups excluding carboxylic acids is 1. The Labute approximate surface area is 130 Å². The molecule has 1 aliphatic rings. The zero-order valence-corrected chi connectivity index (χ0v) is 13.6. The van der Waals surface area contributed by atoms with Gasteiger partial charge in [0.2, 0.25) is 0 Å². The number of likely N-dealkylation sites (tertiary alicyclic amines) is 1. The molecule has 0 saturated carbocycles. The van der Waals surface area contributed by atoms with Crippen molar-refractivity contribution in [3.8, 4) is 11.8 Å². The van der Waals surface area contributed by atoms with Crippen LogP contribution in [0.3, 0.4) is 0 Å². The topological polar surface area (TPSA) is 58.4 Å². The van der Waals surface area contributed by atoms with Gasteiger partial charge in [-0.25, -0.2) is 0 Å². The van der Waals surface area contributed by atoms with Crippen LogP contribution in [0, 0.1) is 18.8 Å². The minimum absolute atomic E-state index is 0.00266. The van der Waals surface area contributed by atoms with Crippen molar-refractivity contribution in [2.24, 2.45) is 5.73 Å². The van der Waals surface area contributed by atoms with Crippen LogP contribution in [0.5, 0.6) is 0 Å². The molecule has 2 heterocycles. The SMILES string of the molecule is Cc1cc(C(=O)NCC2CCCCN2C)sc1C#CCN. The molecule has 0 aromatic carbocycles. The Morgan fingerprint density at radius 3 is 3.10 bits per heavy atom.